The van der Waals surface area contributed by atoms with Gasteiger partial charge >= 0.3 is 0 Å². The van der Waals surface area contributed by atoms with E-state index in [4.69, 9.17) is 9.47 Å². The van der Waals surface area contributed by atoms with Crippen LogP contribution in [0.3, 0.4) is 0 Å². The third kappa shape index (κ3) is 2.64. The number of nitrogens with one attached hydrogen (secondary N) is 1. The smallest absolute Gasteiger partial charge is 0.243 e. The molecule has 1 fully saturated rings. The topological polar surface area (TPSA) is 67.9 Å². The van der Waals surface area contributed by atoms with Crippen molar-refractivity contribution in [2.24, 2.45) is 0 Å². The molecule has 19 heavy (non-hydrogen) atoms. The van der Waals surface area contributed by atoms with Gasteiger partial charge in [0.1, 0.15) is 0 Å². The van der Waals surface area contributed by atoms with Crippen LogP contribution in [-0.2, 0) is 10.0 Å². The molecule has 0 radical (unpaired) electrons. The third-order valence-electron chi connectivity index (χ3n) is 3.06. The minimum atomic E-state index is -3.43. The number of benzene rings is 1. The molecule has 1 N–H and O–H groups in total. The number of hydrogen-bond acceptors (Lipinski definition) is 5. The lowest BCUT2D eigenvalue weighted by Crippen LogP contribution is -2.46. The zero-order chi connectivity index (χ0) is 12.6. The molecule has 1 aromatic rings. The van der Waals surface area contributed by atoms with E-state index < -0.39 is 10.0 Å². The van der Waals surface area contributed by atoms with E-state index in [9.17, 15) is 8.42 Å². The van der Waals surface area contributed by atoms with E-state index in [-0.39, 0.29) is 24.1 Å². The van der Waals surface area contributed by atoms with Crippen LogP contribution in [0.1, 0.15) is 0 Å². The van der Waals surface area contributed by atoms with Crippen LogP contribution in [-0.4, -0.2) is 45.7 Å². The Kier molecular flexibility index (Phi) is 4.19. The number of hydrogen-bond donors (Lipinski definition) is 1. The molecule has 2 aliphatic heterocycles. The predicted octanol–water partition coefficient (Wildman–Crippen LogP) is 0.431. The molecule has 0 bridgehead atoms. The van der Waals surface area contributed by atoms with Crippen molar-refractivity contribution in [3.63, 3.8) is 0 Å². The van der Waals surface area contributed by atoms with Crippen LogP contribution in [0, 0.1) is 0 Å². The zero-order valence-corrected chi connectivity index (χ0v) is 11.8. The van der Waals surface area contributed by atoms with Crippen molar-refractivity contribution < 1.29 is 17.9 Å². The van der Waals surface area contributed by atoms with Gasteiger partial charge in [0.2, 0.25) is 16.8 Å². The SMILES string of the molecule is Cl.O=S(=O)(c1ccc2c(c1)OCO2)N1CCNCC1. The number of ether oxygens (including phenoxy) is 2. The standard InChI is InChI=1S/C11H14N2O4S.ClH/c14-18(15,13-5-3-12-4-6-13)9-1-2-10-11(7-9)17-8-16-10;/h1-2,7,12H,3-6,8H2;1H. The normalized spacial score (nSPS) is 18.9. The minimum Gasteiger partial charge on any atom is -0.454 e. The van der Waals surface area contributed by atoms with Crippen LogP contribution in [0.2, 0.25) is 0 Å². The summed E-state index contributed by atoms with van der Waals surface area (Å²) in [6.45, 7) is 2.51. The van der Waals surface area contributed by atoms with Crippen molar-refractivity contribution in [1.82, 2.24) is 9.62 Å². The highest BCUT2D eigenvalue weighted by Gasteiger charge is 2.27. The molecule has 2 aliphatic rings. The van der Waals surface area contributed by atoms with Gasteiger partial charge in [-0.2, -0.15) is 4.31 Å². The van der Waals surface area contributed by atoms with Gasteiger partial charge in [0.05, 0.1) is 4.90 Å². The summed E-state index contributed by atoms with van der Waals surface area (Å²) in [5.74, 6) is 1.08. The zero-order valence-electron chi connectivity index (χ0n) is 10.2. The van der Waals surface area contributed by atoms with Gasteiger partial charge in [-0.1, -0.05) is 0 Å². The first-order chi connectivity index (χ1) is 8.68. The van der Waals surface area contributed by atoms with Gasteiger partial charge in [0.25, 0.3) is 0 Å². The Morgan fingerprint density at radius 1 is 1.11 bits per heavy atom. The molecule has 0 amide bonds. The van der Waals surface area contributed by atoms with Crippen molar-refractivity contribution in [3.05, 3.63) is 18.2 Å². The predicted molar refractivity (Wildman–Crippen MR) is 71.4 cm³/mol. The van der Waals surface area contributed by atoms with Gasteiger partial charge in [0, 0.05) is 32.2 Å². The first-order valence-corrected chi connectivity index (χ1v) is 7.22. The summed E-state index contributed by atoms with van der Waals surface area (Å²) in [6.07, 6.45) is 0. The molecule has 3 rings (SSSR count). The first kappa shape index (κ1) is 14.4. The van der Waals surface area contributed by atoms with E-state index in [1.54, 1.807) is 12.1 Å². The molecule has 0 atom stereocenters. The minimum absolute atomic E-state index is 0. The molecule has 2 heterocycles. The highest BCUT2D eigenvalue weighted by molar-refractivity contribution is 7.89. The monoisotopic (exact) mass is 306 g/mol. The average molecular weight is 307 g/mol. The van der Waals surface area contributed by atoms with E-state index in [2.05, 4.69) is 5.32 Å². The largest absolute Gasteiger partial charge is 0.454 e. The summed E-state index contributed by atoms with van der Waals surface area (Å²) in [5.41, 5.74) is 0. The van der Waals surface area contributed by atoms with Crippen LogP contribution in [0.5, 0.6) is 11.5 Å². The second kappa shape index (κ2) is 5.54. The maximum absolute atomic E-state index is 12.4. The summed E-state index contributed by atoms with van der Waals surface area (Å²) in [6, 6.07) is 4.72. The van der Waals surface area contributed by atoms with Crippen molar-refractivity contribution in [1.29, 1.82) is 0 Å². The summed E-state index contributed by atoms with van der Waals surface area (Å²) < 4.78 is 36.6. The maximum Gasteiger partial charge on any atom is 0.243 e. The fourth-order valence-corrected chi connectivity index (χ4v) is 3.53. The molecule has 1 saturated heterocycles. The van der Waals surface area contributed by atoms with Gasteiger partial charge < -0.3 is 14.8 Å². The molecule has 0 aromatic heterocycles. The number of piperazine rings is 1. The van der Waals surface area contributed by atoms with Gasteiger partial charge in [-0.05, 0) is 12.1 Å². The van der Waals surface area contributed by atoms with Crippen LogP contribution in [0.4, 0.5) is 0 Å². The summed E-state index contributed by atoms with van der Waals surface area (Å²) in [4.78, 5) is 0.258. The Morgan fingerprint density at radius 3 is 2.53 bits per heavy atom. The molecular formula is C11H15ClN2O4S. The molecule has 0 aliphatic carbocycles. The number of nitrogens with zero attached hydrogens (tertiary/aromatic N) is 1. The van der Waals surface area contributed by atoms with Crippen LogP contribution >= 0.6 is 12.4 Å². The highest BCUT2D eigenvalue weighted by Crippen LogP contribution is 2.34. The van der Waals surface area contributed by atoms with Gasteiger partial charge in [-0.15, -0.1) is 12.4 Å². The quantitative estimate of drug-likeness (QED) is 0.858. The Morgan fingerprint density at radius 2 is 1.79 bits per heavy atom. The lowest BCUT2D eigenvalue weighted by Gasteiger charge is -2.26. The fraction of sp³-hybridized carbons (Fsp3) is 0.455. The van der Waals surface area contributed by atoms with Gasteiger partial charge in [-0.3, -0.25) is 0 Å². The van der Waals surface area contributed by atoms with Crippen molar-refractivity contribution >= 4 is 22.4 Å². The van der Waals surface area contributed by atoms with E-state index in [1.807, 2.05) is 0 Å². The van der Waals surface area contributed by atoms with E-state index in [0.717, 1.165) is 0 Å². The van der Waals surface area contributed by atoms with Crippen LogP contribution < -0.4 is 14.8 Å². The van der Waals surface area contributed by atoms with E-state index >= 15 is 0 Å². The summed E-state index contributed by atoms with van der Waals surface area (Å²) in [7, 11) is -3.43. The summed E-state index contributed by atoms with van der Waals surface area (Å²) in [5, 5.41) is 3.13. The Hall–Kier alpha value is -1.02. The van der Waals surface area contributed by atoms with Crippen molar-refractivity contribution in [2.45, 2.75) is 4.90 Å². The van der Waals surface area contributed by atoms with Gasteiger partial charge in [0.15, 0.2) is 11.5 Å². The van der Waals surface area contributed by atoms with Crippen LogP contribution in [0.15, 0.2) is 23.1 Å². The number of fused-ring (bicyclic) bond motifs is 1. The van der Waals surface area contributed by atoms with E-state index in [1.165, 1.54) is 10.4 Å². The van der Waals surface area contributed by atoms with Crippen LogP contribution in [0.25, 0.3) is 0 Å². The summed E-state index contributed by atoms with van der Waals surface area (Å²) >= 11 is 0. The molecule has 0 saturated carbocycles. The Labute approximate surface area is 118 Å². The lowest BCUT2D eigenvalue weighted by atomic mass is 10.3. The van der Waals surface area contributed by atoms with Crippen molar-refractivity contribution in [2.75, 3.05) is 33.0 Å². The number of sulfonamides is 1. The second-order valence-electron chi connectivity index (χ2n) is 4.17. The molecule has 6 nitrogen and oxygen atoms in total. The third-order valence-corrected chi connectivity index (χ3v) is 4.95. The van der Waals surface area contributed by atoms with Crippen molar-refractivity contribution in [3.8, 4) is 11.5 Å². The molecule has 0 unspecified atom stereocenters. The average Bonchev–Trinajstić information content (AvgIpc) is 2.87. The number of rotatable bonds is 2. The Bertz CT molecular complexity index is 558. The molecular weight excluding hydrogens is 292 g/mol. The molecule has 8 heteroatoms. The Balaban J connectivity index is 0.00000133. The molecule has 0 spiro atoms. The maximum atomic E-state index is 12.4. The molecule has 106 valence electrons. The number of halogens is 1. The molecule has 1 aromatic carbocycles. The highest BCUT2D eigenvalue weighted by atomic mass is 35.5. The fourth-order valence-electron chi connectivity index (χ4n) is 2.07. The van der Waals surface area contributed by atoms with E-state index in [0.29, 0.717) is 37.7 Å². The lowest BCUT2D eigenvalue weighted by molar-refractivity contribution is 0.174. The van der Waals surface area contributed by atoms with Gasteiger partial charge in [-0.25, -0.2) is 8.42 Å². The first-order valence-electron chi connectivity index (χ1n) is 5.78. The second-order valence-corrected chi connectivity index (χ2v) is 6.11.